The van der Waals surface area contributed by atoms with E-state index >= 15 is 0 Å². The number of hydrogen-bond acceptors (Lipinski definition) is 5. The molecule has 0 unspecified atom stereocenters. The van der Waals surface area contributed by atoms with Gasteiger partial charge in [0, 0.05) is 42.0 Å². The predicted molar refractivity (Wildman–Crippen MR) is 125 cm³/mol. The molecule has 1 aliphatic heterocycles. The molecule has 0 spiro atoms. The minimum atomic E-state index is -0.167. The Labute approximate surface area is 183 Å². The van der Waals surface area contributed by atoms with Crippen molar-refractivity contribution in [3.63, 3.8) is 0 Å². The van der Waals surface area contributed by atoms with Crippen LogP contribution in [0.1, 0.15) is 37.2 Å². The number of carbonyl (C=O) groups is 2. The fraction of sp³-hybridized carbons (Fsp3) is 0.375. The van der Waals surface area contributed by atoms with Gasteiger partial charge >= 0.3 is 0 Å². The molecule has 0 aliphatic carbocycles. The highest BCUT2D eigenvalue weighted by Crippen LogP contribution is 2.23. The molecule has 1 aliphatic rings. The lowest BCUT2D eigenvalue weighted by Gasteiger charge is -2.19. The summed E-state index contributed by atoms with van der Waals surface area (Å²) >= 11 is 0. The Morgan fingerprint density at radius 1 is 1.19 bits per heavy atom. The number of likely N-dealkylation sites (tertiary alicyclic amines) is 1. The summed E-state index contributed by atoms with van der Waals surface area (Å²) in [6.07, 6.45) is 1.22. The van der Waals surface area contributed by atoms with Crippen LogP contribution in [0.2, 0.25) is 0 Å². The highest BCUT2D eigenvalue weighted by Gasteiger charge is 2.24. The number of fused-ring (bicyclic) bond motifs is 1. The van der Waals surface area contributed by atoms with Gasteiger partial charge in [0.05, 0.1) is 12.1 Å². The second-order valence-electron chi connectivity index (χ2n) is 7.66. The van der Waals surface area contributed by atoms with E-state index < -0.39 is 0 Å². The molecule has 1 aromatic carbocycles. The van der Waals surface area contributed by atoms with E-state index in [4.69, 9.17) is 0 Å². The van der Waals surface area contributed by atoms with Gasteiger partial charge in [0.2, 0.25) is 5.91 Å². The molecule has 0 atom stereocenters. The molecule has 0 radical (unpaired) electrons. The van der Waals surface area contributed by atoms with Crippen molar-refractivity contribution in [2.24, 2.45) is 0 Å². The van der Waals surface area contributed by atoms with Crippen LogP contribution in [0.4, 0.5) is 5.69 Å². The molecule has 3 rings (SSSR count). The summed E-state index contributed by atoms with van der Waals surface area (Å²) in [6.45, 7) is 15.9. The van der Waals surface area contributed by atoms with E-state index in [-0.39, 0.29) is 11.8 Å². The standard InChI is InChI=1S/C24H31N5O2/c1-5-28(6-2)14-13-25-24(31)22-10-8-19-15-20(9-11-21(19)27-22)26-17(3)16-29-18(4)7-12-23(29)30/h8-11,15,26H,3-7,12-14,16H2,1-2H3,(H,25,31). The van der Waals surface area contributed by atoms with Gasteiger partial charge < -0.3 is 20.4 Å². The monoisotopic (exact) mass is 421 g/mol. The van der Waals surface area contributed by atoms with Crippen LogP contribution in [0, 0.1) is 0 Å². The van der Waals surface area contributed by atoms with Crippen LogP contribution in [-0.2, 0) is 4.79 Å². The van der Waals surface area contributed by atoms with Gasteiger partial charge in [0.1, 0.15) is 5.69 Å². The predicted octanol–water partition coefficient (Wildman–Crippen LogP) is 3.37. The Balaban J connectivity index is 1.60. The highest BCUT2D eigenvalue weighted by atomic mass is 16.2. The van der Waals surface area contributed by atoms with Crippen molar-refractivity contribution in [2.75, 3.05) is 38.0 Å². The Morgan fingerprint density at radius 2 is 1.97 bits per heavy atom. The molecule has 2 amide bonds. The lowest BCUT2D eigenvalue weighted by atomic mass is 10.1. The lowest BCUT2D eigenvalue weighted by Crippen LogP contribution is -2.35. The summed E-state index contributed by atoms with van der Waals surface area (Å²) in [7, 11) is 0. The molecule has 0 bridgehead atoms. The Hall–Kier alpha value is -3.19. The second-order valence-corrected chi connectivity index (χ2v) is 7.66. The Bertz CT molecular complexity index is 981. The average Bonchev–Trinajstić information content (AvgIpc) is 3.08. The van der Waals surface area contributed by atoms with Crippen molar-refractivity contribution in [3.8, 4) is 0 Å². The zero-order chi connectivity index (χ0) is 22.4. The molecule has 2 aromatic rings. The fourth-order valence-corrected chi connectivity index (χ4v) is 3.62. The van der Waals surface area contributed by atoms with Gasteiger partial charge in [0.25, 0.3) is 5.91 Å². The molecule has 1 fully saturated rings. The zero-order valence-electron chi connectivity index (χ0n) is 18.4. The van der Waals surface area contributed by atoms with Crippen molar-refractivity contribution >= 4 is 28.4 Å². The normalized spacial score (nSPS) is 13.8. The number of nitrogens with one attached hydrogen (secondary N) is 2. The van der Waals surface area contributed by atoms with E-state index in [0.717, 1.165) is 41.9 Å². The number of carbonyl (C=O) groups excluding carboxylic acids is 2. The summed E-state index contributed by atoms with van der Waals surface area (Å²) < 4.78 is 0. The number of hydrogen-bond donors (Lipinski definition) is 2. The van der Waals surface area contributed by atoms with E-state index in [0.29, 0.717) is 37.3 Å². The SMILES string of the molecule is C=C(CN1C(=C)CCC1=O)Nc1ccc2nc(C(=O)NCCN(CC)CC)ccc2c1. The molecule has 2 heterocycles. The van der Waals surface area contributed by atoms with Crippen LogP contribution in [0.5, 0.6) is 0 Å². The van der Waals surface area contributed by atoms with Gasteiger partial charge in [-0.3, -0.25) is 9.59 Å². The quantitative estimate of drug-likeness (QED) is 0.615. The number of likely N-dealkylation sites (N-methyl/N-ethyl adjacent to an activating group) is 1. The third kappa shape index (κ3) is 5.70. The first-order valence-corrected chi connectivity index (χ1v) is 10.8. The van der Waals surface area contributed by atoms with Crippen LogP contribution < -0.4 is 10.6 Å². The fourth-order valence-electron chi connectivity index (χ4n) is 3.62. The Kier molecular flexibility index (Phi) is 7.41. The average molecular weight is 422 g/mol. The third-order valence-electron chi connectivity index (χ3n) is 5.51. The maximum atomic E-state index is 12.4. The number of allylic oxidation sites excluding steroid dienone is 1. The minimum absolute atomic E-state index is 0.0820. The van der Waals surface area contributed by atoms with Crippen molar-refractivity contribution in [1.82, 2.24) is 20.1 Å². The van der Waals surface area contributed by atoms with Crippen LogP contribution in [-0.4, -0.2) is 59.3 Å². The molecular formula is C24H31N5O2. The van der Waals surface area contributed by atoms with Crippen molar-refractivity contribution in [3.05, 3.63) is 60.6 Å². The summed E-state index contributed by atoms with van der Waals surface area (Å²) in [4.78, 5) is 32.8. The molecule has 164 valence electrons. The first kappa shape index (κ1) is 22.5. The van der Waals surface area contributed by atoms with E-state index in [2.05, 4.69) is 47.5 Å². The van der Waals surface area contributed by atoms with Gasteiger partial charge in [-0.05, 0) is 43.8 Å². The van der Waals surface area contributed by atoms with Crippen LogP contribution in [0.25, 0.3) is 10.9 Å². The number of aromatic nitrogens is 1. The maximum Gasteiger partial charge on any atom is 0.269 e. The Morgan fingerprint density at radius 3 is 2.65 bits per heavy atom. The van der Waals surface area contributed by atoms with Gasteiger partial charge in [-0.25, -0.2) is 4.98 Å². The molecular weight excluding hydrogens is 390 g/mol. The zero-order valence-corrected chi connectivity index (χ0v) is 18.4. The smallest absolute Gasteiger partial charge is 0.269 e. The molecule has 1 aromatic heterocycles. The number of benzene rings is 1. The topological polar surface area (TPSA) is 77.6 Å². The first-order valence-electron chi connectivity index (χ1n) is 10.8. The van der Waals surface area contributed by atoms with Crippen LogP contribution >= 0.6 is 0 Å². The van der Waals surface area contributed by atoms with Crippen molar-refractivity contribution in [1.29, 1.82) is 0 Å². The van der Waals surface area contributed by atoms with E-state index in [1.165, 1.54) is 0 Å². The number of pyridine rings is 1. The van der Waals surface area contributed by atoms with Crippen LogP contribution in [0.3, 0.4) is 0 Å². The molecule has 0 saturated carbocycles. The molecule has 31 heavy (non-hydrogen) atoms. The minimum Gasteiger partial charge on any atom is -0.358 e. The van der Waals surface area contributed by atoms with Gasteiger partial charge in [-0.1, -0.05) is 33.1 Å². The second kappa shape index (κ2) is 10.2. The lowest BCUT2D eigenvalue weighted by molar-refractivity contribution is -0.126. The summed E-state index contributed by atoms with van der Waals surface area (Å²) in [5, 5.41) is 7.10. The van der Waals surface area contributed by atoms with E-state index in [9.17, 15) is 9.59 Å². The summed E-state index contributed by atoms with van der Waals surface area (Å²) in [5.41, 5.74) is 3.55. The maximum absolute atomic E-state index is 12.4. The van der Waals surface area contributed by atoms with Crippen molar-refractivity contribution < 1.29 is 9.59 Å². The molecule has 2 N–H and O–H groups in total. The van der Waals surface area contributed by atoms with Crippen LogP contribution in [0.15, 0.2) is 54.9 Å². The number of nitrogens with zero attached hydrogens (tertiary/aromatic N) is 3. The highest BCUT2D eigenvalue weighted by molar-refractivity contribution is 5.95. The van der Waals surface area contributed by atoms with Gasteiger partial charge in [-0.2, -0.15) is 0 Å². The van der Waals surface area contributed by atoms with Crippen molar-refractivity contribution in [2.45, 2.75) is 26.7 Å². The van der Waals surface area contributed by atoms with Gasteiger partial charge in [-0.15, -0.1) is 0 Å². The van der Waals surface area contributed by atoms with E-state index in [1.54, 1.807) is 11.0 Å². The molecule has 1 saturated heterocycles. The first-order chi connectivity index (χ1) is 14.9. The molecule has 7 nitrogen and oxygen atoms in total. The summed E-state index contributed by atoms with van der Waals surface area (Å²) in [5.74, 6) is -0.0845. The summed E-state index contributed by atoms with van der Waals surface area (Å²) in [6, 6.07) is 9.35. The number of amides is 2. The number of rotatable bonds is 10. The number of anilines is 1. The van der Waals surface area contributed by atoms with E-state index in [1.807, 2.05) is 24.3 Å². The largest absolute Gasteiger partial charge is 0.358 e. The van der Waals surface area contributed by atoms with Gasteiger partial charge in [0.15, 0.2) is 0 Å². The third-order valence-corrected chi connectivity index (χ3v) is 5.51. The molecule has 7 heteroatoms.